The molecule has 0 aliphatic carbocycles. The van der Waals surface area contributed by atoms with Gasteiger partial charge in [0.1, 0.15) is 28.7 Å². The van der Waals surface area contributed by atoms with Crippen LogP contribution in [-0.4, -0.2) is 138 Å². The Labute approximate surface area is 895 Å². The third-order valence-electron chi connectivity index (χ3n) is 15.9. The number of aliphatic hydroxyl groups is 1. The predicted octanol–water partition coefficient (Wildman–Crippen LogP) is 20.4. The molecule has 5 heterocycles. The van der Waals surface area contributed by atoms with Crippen molar-refractivity contribution in [1.82, 2.24) is 44.6 Å². The van der Waals surface area contributed by atoms with Crippen molar-refractivity contribution in [3.8, 4) is 56.6 Å². The summed E-state index contributed by atoms with van der Waals surface area (Å²) < 4.78 is 88.8. The maximum Gasteiger partial charge on any atom is 2.00 e. The Kier molecular flexibility index (Phi) is 86.1. The quantitative estimate of drug-likeness (QED) is 0.0556. The van der Waals surface area contributed by atoms with E-state index in [1.54, 1.807) is 24.4 Å². The number of nitrogens with one attached hydrogen (secondary N) is 1. The van der Waals surface area contributed by atoms with Crippen LogP contribution in [-0.2, 0) is 81.1 Å². The Hall–Kier alpha value is -12.7. The fraction of sp³-hybridized carbons (Fsp3) is 0.140. The van der Waals surface area contributed by atoms with Crippen molar-refractivity contribution in [2.75, 3.05) is 76.0 Å². The summed E-state index contributed by atoms with van der Waals surface area (Å²) in [6.45, 7) is 13.5. The molecule has 1 fully saturated rings. The van der Waals surface area contributed by atoms with Gasteiger partial charge in [-0.2, -0.15) is 156 Å². The first-order valence-electron chi connectivity index (χ1n) is 41.3. The van der Waals surface area contributed by atoms with Gasteiger partial charge in [0.2, 0.25) is 52.5 Å². The van der Waals surface area contributed by atoms with Gasteiger partial charge in [0, 0.05) is 85.3 Å². The van der Waals surface area contributed by atoms with Crippen LogP contribution in [0.2, 0.25) is 15.7 Å². The van der Waals surface area contributed by atoms with E-state index in [0.717, 1.165) is 59.8 Å². The zero-order valence-electron chi connectivity index (χ0n) is 80.3. The first-order chi connectivity index (χ1) is 66.3. The molecule has 0 saturated carbocycles. The van der Waals surface area contributed by atoms with E-state index in [1.807, 2.05) is 183 Å². The van der Waals surface area contributed by atoms with Crippen molar-refractivity contribution < 1.29 is 112 Å². The molecular formula is C107H112Cl3FN15NaO8PdS3Zn-4. The molecule has 0 radical (unpaired) electrons. The number of aliphatic hydroxyl groups excluding tert-OH is 1. The summed E-state index contributed by atoms with van der Waals surface area (Å²) in [6.07, 6.45) is 12.4. The maximum atomic E-state index is 11.2. The molecule has 0 atom stereocenters. The van der Waals surface area contributed by atoms with Crippen LogP contribution in [0, 0.1) is 70.6 Å². The molecule has 23 nitrogen and oxygen atoms in total. The zero-order valence-corrected chi connectivity index (χ0v) is 89.6. The van der Waals surface area contributed by atoms with E-state index in [4.69, 9.17) is 80.2 Å². The van der Waals surface area contributed by atoms with E-state index >= 15 is 0 Å². The summed E-state index contributed by atoms with van der Waals surface area (Å²) in [5, 5.41) is 37.0. The predicted molar refractivity (Wildman–Crippen MR) is 554 cm³/mol. The molecule has 726 valence electrons. The maximum absolute atomic E-state index is 11.2. The topological polar surface area (TPSA) is 349 Å². The number of hydrogen-bond donors (Lipinski definition) is 2. The number of alkyl halides is 1. The molecule has 2 N–H and O–H groups in total. The summed E-state index contributed by atoms with van der Waals surface area (Å²) in [5.41, 5.74) is 11.4. The van der Waals surface area contributed by atoms with E-state index in [1.165, 1.54) is 109 Å². The molecular weight excluding hydrogens is 2040 g/mol. The SMILES string of the molecule is C.C1CCOC1.CCc1ccnc(N(C)S(C)(=O)=O)n1.CN(c1nccc(C#N)n1)S(C)(=O)=O.CNS(C)(=O)=O.CO.Clc1ccnc(Cl)n1.N#Cc1ccnc(Cl)n1.[2H]CF.[C-]#N.[C-]#N.[H-].[Na+].[Pd].[Zn+2].[c-]1ccccc1.[c-]1ccccc1.[c-]1ccccc1.[c-]1ccccc1.c1ccc(-c2ccccc2)cc1.c1ccc(-c2ccccc2)cc1.c1ccc(-c2ccccc2)cc1.c1ccc(-c2ccccc2)cc1. The summed E-state index contributed by atoms with van der Waals surface area (Å²) in [7, 11) is -5.44. The van der Waals surface area contributed by atoms with Crippen LogP contribution in [0.3, 0.4) is 0 Å². The first-order valence-corrected chi connectivity index (χ1v) is 47.3. The van der Waals surface area contributed by atoms with E-state index in [2.05, 4.69) is 263 Å². The number of benzene rings is 12. The van der Waals surface area contributed by atoms with Gasteiger partial charge >= 0.3 is 49.0 Å². The molecule has 1 aliphatic rings. The number of nitriles is 2. The number of sulfonamides is 3. The summed E-state index contributed by atoms with van der Waals surface area (Å²) in [5.74, 6) is 0.207. The van der Waals surface area contributed by atoms with Crippen LogP contribution in [0.4, 0.5) is 16.3 Å². The van der Waals surface area contributed by atoms with Crippen LogP contribution < -0.4 is 42.9 Å². The van der Waals surface area contributed by atoms with Gasteiger partial charge in [-0.15, -0.1) is 0 Å². The zero-order chi connectivity index (χ0) is 102. The third kappa shape index (κ3) is 70.9. The number of halogens is 4. The van der Waals surface area contributed by atoms with Crippen molar-refractivity contribution in [2.45, 2.75) is 33.6 Å². The smallest absolute Gasteiger partial charge is 1.00 e. The van der Waals surface area contributed by atoms with Crippen LogP contribution in [0.5, 0.6) is 0 Å². The van der Waals surface area contributed by atoms with Crippen LogP contribution in [0.25, 0.3) is 44.5 Å². The molecule has 17 rings (SSSR count). The number of aromatic nitrogens is 8. The second kappa shape index (κ2) is 90.2. The molecule has 33 heteroatoms. The Morgan fingerprint density at radius 3 is 0.793 bits per heavy atom. The van der Waals surface area contributed by atoms with Gasteiger partial charge in [0.25, 0.3) is 0 Å². The number of anilines is 2. The monoisotopic (exact) mass is 2150 g/mol. The van der Waals surface area contributed by atoms with Crippen LogP contribution >= 0.6 is 34.8 Å². The molecule has 140 heavy (non-hydrogen) atoms. The summed E-state index contributed by atoms with van der Waals surface area (Å²) in [6, 6.07) is 143. The minimum absolute atomic E-state index is 0. The molecule has 0 bridgehead atoms. The molecule has 12 aromatic carbocycles. The molecule has 0 amide bonds. The average Bonchev–Trinajstić information content (AvgIpc) is 0.883. The van der Waals surface area contributed by atoms with Gasteiger partial charge in [-0.25, -0.2) is 78.5 Å². The minimum Gasteiger partial charge on any atom is -1.00 e. The number of rotatable bonds is 10. The van der Waals surface area contributed by atoms with E-state index < -0.39 is 37.2 Å². The van der Waals surface area contributed by atoms with Crippen molar-refractivity contribution in [3.63, 3.8) is 0 Å². The van der Waals surface area contributed by atoms with E-state index in [0.29, 0.717) is 5.15 Å². The van der Waals surface area contributed by atoms with Crippen LogP contribution in [0.15, 0.2) is 413 Å². The average molecular weight is 2150 g/mol. The second-order valence-electron chi connectivity index (χ2n) is 25.5. The fourth-order valence-corrected chi connectivity index (χ4v) is 10.5. The number of ether oxygens (including phenoxy) is 1. The van der Waals surface area contributed by atoms with Gasteiger partial charge < -0.3 is 34.9 Å². The molecule has 16 aromatic rings. The summed E-state index contributed by atoms with van der Waals surface area (Å²) in [4.78, 5) is 29.8. The van der Waals surface area contributed by atoms with E-state index in [9.17, 15) is 29.6 Å². The van der Waals surface area contributed by atoms with Crippen LogP contribution in [0.1, 0.15) is 47.1 Å². The second-order valence-corrected chi connectivity index (χ2v) is 32.6. The number of nitrogens with zero attached hydrogens (tertiary/aromatic N) is 14. The molecule has 1 saturated heterocycles. The van der Waals surface area contributed by atoms with Gasteiger partial charge in [-0.3, -0.25) is 4.39 Å². The Morgan fingerprint density at radius 1 is 0.414 bits per heavy atom. The van der Waals surface area contributed by atoms with Crippen molar-refractivity contribution in [3.05, 3.63) is 483 Å². The van der Waals surface area contributed by atoms with Gasteiger partial charge in [0.05, 0.1) is 27.3 Å². The van der Waals surface area contributed by atoms with Gasteiger partial charge in [0.15, 0.2) is 0 Å². The van der Waals surface area contributed by atoms with E-state index in [-0.39, 0.29) is 112 Å². The molecule has 0 spiro atoms. The normalized spacial score (nSPS) is 9.52. The standard InChI is InChI=1S/4C12H10.C8H13N3O2S.C7H8N4O2S.4C6H5.C5H2ClN3.C4H2Cl2N2.C4H8O.C2H7NO2S.CH3F.2CN.CH4O.CH4.Na.Pd.Zn.H/c4*1-3-7-11(8-4-1)12-9-5-2-6-10-12;1-4-7-5-6-9-8(10-7)11(2)14(3,12)13;1-11(14(2,12)13)7-9-4-3-6(5-8)10-7;4*1-2-4-6-5-3-1;6-5-8-2-1-4(3-7)9-5;5-3-1-2-7-4(6)8-3;1-2-4-5-3-1;1-3-6(2,4)5;4*1-2;;;;;/h4*1-10H;5-6H,4H2,1-3H3;3-4H,1-2H3;4*1-5H;1-2H;1-2H;1-4H2;3H,1-2H3;1H3;;;2H,1H3;1H4;;;;/q;;;;;;4*-1;;;;;;2*-1;;;+1;;+2;-1/i;;;;;;;;;;;;;;1D;;;;;;;;. The van der Waals surface area contributed by atoms with Gasteiger partial charge in [-0.05, 0) is 118 Å². The Balaban J connectivity index is -0.000000351. The summed E-state index contributed by atoms with van der Waals surface area (Å²) >= 11 is 16.1. The molecule has 0 unspecified atom stereocenters. The first kappa shape index (κ1) is 134. The van der Waals surface area contributed by atoms with Crippen molar-refractivity contribution >= 4 is 76.8 Å². The van der Waals surface area contributed by atoms with Crippen molar-refractivity contribution in [1.29, 1.82) is 21.0 Å². The Bertz CT molecular complexity index is 5430. The number of hydrogen-bond acceptors (Lipinski definition) is 20. The fourth-order valence-electron chi connectivity index (χ4n) is 9.23. The number of aryl methyl sites for hydroxylation is 1. The van der Waals surface area contributed by atoms with Gasteiger partial charge in [-0.1, -0.05) is 269 Å². The third-order valence-corrected chi connectivity index (χ3v) is 19.5. The largest absolute Gasteiger partial charge is 2.00 e. The van der Waals surface area contributed by atoms with Crippen molar-refractivity contribution in [2.24, 2.45) is 0 Å². The molecule has 1 aliphatic heterocycles. The minimum atomic E-state index is -3.38. The molecule has 4 aromatic heterocycles. The Morgan fingerprint density at radius 2 is 0.629 bits per heavy atom.